The molecule has 1 aliphatic heterocycles. The first-order valence-corrected chi connectivity index (χ1v) is 19.6. The highest BCUT2D eigenvalue weighted by atomic mass is 15.2. The van der Waals surface area contributed by atoms with Crippen molar-refractivity contribution in [2.24, 2.45) is 0 Å². The van der Waals surface area contributed by atoms with Gasteiger partial charge in [0.15, 0.2) is 0 Å². The maximum atomic E-state index is 2.41. The zero-order chi connectivity index (χ0) is 38.0. The van der Waals surface area contributed by atoms with Gasteiger partial charge >= 0.3 is 0 Å². The minimum absolute atomic E-state index is 0.944. The molecule has 0 saturated carbocycles. The Balaban J connectivity index is 0.995. The third kappa shape index (κ3) is 6.79. The number of para-hydroxylation sites is 2. The molecule has 0 spiro atoms. The van der Waals surface area contributed by atoms with Crippen molar-refractivity contribution in [3.05, 3.63) is 242 Å². The molecule has 0 bridgehead atoms. The molecule has 0 saturated heterocycles. The summed E-state index contributed by atoms with van der Waals surface area (Å²) < 4.78 is 0. The second kappa shape index (κ2) is 15.0. The van der Waals surface area contributed by atoms with Gasteiger partial charge in [-0.15, -0.1) is 0 Å². The van der Waals surface area contributed by atoms with Gasteiger partial charge < -0.3 is 9.80 Å². The van der Waals surface area contributed by atoms with Crippen LogP contribution in [0.2, 0.25) is 0 Å². The van der Waals surface area contributed by atoms with Crippen LogP contribution in [0.15, 0.2) is 231 Å². The highest BCUT2D eigenvalue weighted by molar-refractivity contribution is 5.86. The van der Waals surface area contributed by atoms with Crippen molar-refractivity contribution in [2.75, 3.05) is 9.80 Å². The number of hydrogen-bond donors (Lipinski definition) is 0. The topological polar surface area (TPSA) is 6.48 Å². The van der Waals surface area contributed by atoms with Gasteiger partial charge in [-0.2, -0.15) is 0 Å². The van der Waals surface area contributed by atoms with Gasteiger partial charge in [0, 0.05) is 40.5 Å². The first kappa shape index (κ1) is 34.1. The summed E-state index contributed by atoms with van der Waals surface area (Å²) in [5.74, 6) is 0. The molecule has 0 unspecified atom stereocenters. The van der Waals surface area contributed by atoms with E-state index in [1.807, 2.05) is 0 Å². The van der Waals surface area contributed by atoms with Crippen molar-refractivity contribution in [3.63, 3.8) is 0 Å². The number of rotatable bonds is 8. The van der Waals surface area contributed by atoms with E-state index in [4.69, 9.17) is 0 Å². The fourth-order valence-corrected chi connectivity index (χ4v) is 8.19. The van der Waals surface area contributed by atoms with Crippen molar-refractivity contribution >= 4 is 34.1 Å². The fourth-order valence-electron chi connectivity index (χ4n) is 8.19. The van der Waals surface area contributed by atoms with Crippen LogP contribution >= 0.6 is 0 Å². The largest absolute Gasteiger partial charge is 0.311 e. The van der Waals surface area contributed by atoms with Gasteiger partial charge in [-0.05, 0) is 122 Å². The summed E-state index contributed by atoms with van der Waals surface area (Å²) in [4.78, 5) is 4.76. The van der Waals surface area contributed by atoms with Crippen LogP contribution in [0.1, 0.15) is 11.1 Å². The molecule has 2 heteroatoms. The molecule has 0 aliphatic carbocycles. The molecule has 0 radical (unpaired) electrons. The molecule has 0 aromatic heterocycles. The monoisotopic (exact) mass is 728 g/mol. The Kier molecular flexibility index (Phi) is 8.98. The Hall–Kier alpha value is -7.42. The van der Waals surface area contributed by atoms with Crippen molar-refractivity contribution in [3.8, 4) is 44.5 Å². The van der Waals surface area contributed by atoms with Crippen molar-refractivity contribution in [1.29, 1.82) is 0 Å². The quantitative estimate of drug-likeness (QED) is 0.154. The predicted molar refractivity (Wildman–Crippen MR) is 240 cm³/mol. The smallest absolute Gasteiger partial charge is 0.0497 e. The standard InChI is InChI=1S/C55H40N2/c1-3-13-40(14-4-1)42-25-31-50(32-26-42)56(51-33-27-43(28-34-51)46-20-11-19-45(37-46)41-15-5-2-6-16-41)52-35-29-44(30-36-52)47-21-12-22-53(39-47)57-54-23-9-7-17-48(54)38-49-18-8-10-24-55(49)57/h1-37,39H,38H2. The van der Waals surface area contributed by atoms with Crippen LogP contribution in [0.5, 0.6) is 0 Å². The normalized spacial score (nSPS) is 11.8. The SMILES string of the molecule is c1ccc(-c2ccc(N(c3ccc(-c4cccc(-c5ccccc5)c4)cc3)c3ccc(-c4cccc(N5c6ccccc6Cc6ccccc65)c4)cc3)cc2)cc1. The summed E-state index contributed by atoms with van der Waals surface area (Å²) in [6.45, 7) is 0. The Morgan fingerprint density at radius 2 is 0.632 bits per heavy atom. The number of hydrogen-bond acceptors (Lipinski definition) is 2. The van der Waals surface area contributed by atoms with Gasteiger partial charge in [0.2, 0.25) is 0 Å². The van der Waals surface area contributed by atoms with E-state index in [2.05, 4.69) is 240 Å². The summed E-state index contributed by atoms with van der Waals surface area (Å²) in [5, 5.41) is 0. The van der Waals surface area contributed by atoms with Crippen LogP contribution in [0.3, 0.4) is 0 Å². The summed E-state index contributed by atoms with van der Waals surface area (Å²) in [7, 11) is 0. The summed E-state index contributed by atoms with van der Waals surface area (Å²) in [6.07, 6.45) is 0.944. The van der Waals surface area contributed by atoms with Gasteiger partial charge in [0.1, 0.15) is 0 Å². The van der Waals surface area contributed by atoms with Crippen LogP contribution in [0, 0.1) is 0 Å². The molecule has 270 valence electrons. The van der Waals surface area contributed by atoms with E-state index in [1.54, 1.807) is 0 Å². The molecule has 1 aliphatic rings. The lowest BCUT2D eigenvalue weighted by atomic mass is 9.94. The van der Waals surface area contributed by atoms with Crippen molar-refractivity contribution < 1.29 is 0 Å². The highest BCUT2D eigenvalue weighted by Crippen LogP contribution is 2.45. The highest BCUT2D eigenvalue weighted by Gasteiger charge is 2.24. The van der Waals surface area contributed by atoms with Crippen LogP contribution in [-0.4, -0.2) is 0 Å². The summed E-state index contributed by atoms with van der Waals surface area (Å²) in [6, 6.07) is 83.3. The van der Waals surface area contributed by atoms with Crippen LogP contribution < -0.4 is 9.80 Å². The molecular formula is C55H40N2. The van der Waals surface area contributed by atoms with Gasteiger partial charge in [-0.1, -0.05) is 164 Å². The molecule has 9 aromatic rings. The van der Waals surface area contributed by atoms with Crippen LogP contribution in [-0.2, 0) is 6.42 Å². The lowest BCUT2D eigenvalue weighted by molar-refractivity contribution is 1.09. The van der Waals surface area contributed by atoms with Gasteiger partial charge in [0.25, 0.3) is 0 Å². The van der Waals surface area contributed by atoms with Crippen LogP contribution in [0.25, 0.3) is 44.5 Å². The molecule has 9 aromatic carbocycles. The molecule has 0 fully saturated rings. The average Bonchev–Trinajstić information content (AvgIpc) is 3.29. The molecule has 0 N–H and O–H groups in total. The second-order valence-corrected chi connectivity index (χ2v) is 14.6. The molecule has 10 rings (SSSR count). The molecule has 2 nitrogen and oxygen atoms in total. The third-order valence-corrected chi connectivity index (χ3v) is 11.1. The van der Waals surface area contributed by atoms with E-state index in [9.17, 15) is 0 Å². The van der Waals surface area contributed by atoms with Crippen molar-refractivity contribution in [1.82, 2.24) is 0 Å². The Labute approximate surface area is 335 Å². The van der Waals surface area contributed by atoms with E-state index in [-0.39, 0.29) is 0 Å². The van der Waals surface area contributed by atoms with E-state index in [0.717, 1.165) is 29.2 Å². The first-order chi connectivity index (χ1) is 28.2. The minimum Gasteiger partial charge on any atom is -0.311 e. The maximum Gasteiger partial charge on any atom is 0.0497 e. The lowest BCUT2D eigenvalue weighted by Crippen LogP contribution is -2.18. The number of benzene rings is 9. The van der Waals surface area contributed by atoms with E-state index in [0.29, 0.717) is 0 Å². The zero-order valence-electron chi connectivity index (χ0n) is 31.5. The van der Waals surface area contributed by atoms with E-state index in [1.165, 1.54) is 67.0 Å². The average molecular weight is 729 g/mol. The summed E-state index contributed by atoms with van der Waals surface area (Å²) >= 11 is 0. The van der Waals surface area contributed by atoms with Crippen molar-refractivity contribution in [2.45, 2.75) is 6.42 Å². The minimum atomic E-state index is 0.944. The molecular weight excluding hydrogens is 689 g/mol. The lowest BCUT2D eigenvalue weighted by Gasteiger charge is -2.33. The zero-order valence-corrected chi connectivity index (χ0v) is 31.5. The first-order valence-electron chi connectivity index (χ1n) is 19.6. The Bertz CT molecular complexity index is 2740. The molecule has 1 heterocycles. The van der Waals surface area contributed by atoms with Crippen LogP contribution in [0.4, 0.5) is 34.1 Å². The number of nitrogens with zero attached hydrogens (tertiary/aromatic N) is 2. The van der Waals surface area contributed by atoms with E-state index < -0.39 is 0 Å². The predicted octanol–water partition coefficient (Wildman–Crippen LogP) is 15.2. The Morgan fingerprint density at radius 3 is 1.12 bits per heavy atom. The van der Waals surface area contributed by atoms with Gasteiger partial charge in [-0.25, -0.2) is 0 Å². The molecule has 0 atom stereocenters. The van der Waals surface area contributed by atoms with Gasteiger partial charge in [0.05, 0.1) is 0 Å². The Morgan fingerprint density at radius 1 is 0.281 bits per heavy atom. The molecule has 0 amide bonds. The number of fused-ring (bicyclic) bond motifs is 2. The fraction of sp³-hybridized carbons (Fsp3) is 0.0182. The molecule has 57 heavy (non-hydrogen) atoms. The number of anilines is 6. The summed E-state index contributed by atoms with van der Waals surface area (Å²) in [5.41, 5.74) is 19.2. The maximum absolute atomic E-state index is 2.41. The van der Waals surface area contributed by atoms with E-state index >= 15 is 0 Å². The van der Waals surface area contributed by atoms with Gasteiger partial charge in [-0.3, -0.25) is 0 Å². The second-order valence-electron chi connectivity index (χ2n) is 14.6. The third-order valence-electron chi connectivity index (χ3n) is 11.1.